The highest BCUT2D eigenvalue weighted by molar-refractivity contribution is 5.97. The molecular weight excluding hydrogens is 448 g/mol. The fourth-order valence-electron chi connectivity index (χ4n) is 4.38. The van der Waals surface area contributed by atoms with Crippen molar-refractivity contribution < 1.29 is 9.53 Å². The van der Waals surface area contributed by atoms with Gasteiger partial charge in [0.1, 0.15) is 11.4 Å². The average molecular weight is 483 g/mol. The average Bonchev–Trinajstić information content (AvgIpc) is 2.84. The van der Waals surface area contributed by atoms with Gasteiger partial charge in [-0.05, 0) is 68.5 Å². The molecule has 0 aliphatic heterocycles. The largest absolute Gasteiger partial charge is 0.456 e. The second kappa shape index (κ2) is 10.5. The van der Waals surface area contributed by atoms with Crippen molar-refractivity contribution in [3.8, 4) is 11.1 Å². The van der Waals surface area contributed by atoms with E-state index in [0.29, 0.717) is 17.5 Å². The Labute approximate surface area is 212 Å². The van der Waals surface area contributed by atoms with Gasteiger partial charge in [-0.25, -0.2) is 9.78 Å². The Balaban J connectivity index is 1.68. The number of aromatic nitrogens is 2. The molecule has 0 N–H and O–H groups in total. The molecular formula is C31H34N2O3. The van der Waals surface area contributed by atoms with E-state index in [2.05, 4.69) is 6.92 Å². The lowest BCUT2D eigenvalue weighted by Crippen LogP contribution is -2.26. The van der Waals surface area contributed by atoms with Gasteiger partial charge in [0.2, 0.25) is 0 Å². The first-order chi connectivity index (χ1) is 17.2. The van der Waals surface area contributed by atoms with E-state index in [9.17, 15) is 9.59 Å². The maximum absolute atomic E-state index is 13.5. The third kappa shape index (κ3) is 5.56. The number of hydrogen-bond donors (Lipinski definition) is 0. The van der Waals surface area contributed by atoms with Crippen molar-refractivity contribution >= 4 is 16.9 Å². The number of nitrogens with zero attached hydrogens (tertiary/aromatic N) is 2. The molecule has 5 heteroatoms. The Hall–Kier alpha value is -3.73. The summed E-state index contributed by atoms with van der Waals surface area (Å²) in [6, 6.07) is 21.3. The Bertz CT molecular complexity index is 1440. The molecule has 3 aromatic carbocycles. The van der Waals surface area contributed by atoms with E-state index in [1.165, 1.54) is 0 Å². The van der Waals surface area contributed by atoms with E-state index in [1.807, 2.05) is 92.9 Å². The number of aryl methyl sites for hydroxylation is 2. The summed E-state index contributed by atoms with van der Waals surface area (Å²) in [6.07, 6.45) is 2.77. The normalized spacial score (nSPS) is 11.6. The van der Waals surface area contributed by atoms with Gasteiger partial charge < -0.3 is 4.74 Å². The number of esters is 1. The molecule has 4 rings (SSSR count). The minimum Gasteiger partial charge on any atom is -0.456 e. The third-order valence-electron chi connectivity index (χ3n) is 6.18. The molecule has 36 heavy (non-hydrogen) atoms. The zero-order valence-corrected chi connectivity index (χ0v) is 21.8. The molecule has 0 aliphatic carbocycles. The molecule has 1 heterocycles. The third-order valence-corrected chi connectivity index (χ3v) is 6.18. The van der Waals surface area contributed by atoms with Crippen molar-refractivity contribution in [2.24, 2.45) is 0 Å². The van der Waals surface area contributed by atoms with Crippen molar-refractivity contribution in [1.29, 1.82) is 0 Å². The van der Waals surface area contributed by atoms with Crippen LogP contribution in [0.4, 0.5) is 0 Å². The molecule has 0 fully saturated rings. The summed E-state index contributed by atoms with van der Waals surface area (Å²) in [5, 5.41) is 0.681. The molecule has 186 valence electrons. The molecule has 1 aromatic heterocycles. The predicted molar refractivity (Wildman–Crippen MR) is 146 cm³/mol. The highest BCUT2D eigenvalue weighted by Gasteiger charge is 2.21. The van der Waals surface area contributed by atoms with Gasteiger partial charge in [0.05, 0.1) is 23.0 Å². The number of hydrogen-bond acceptors (Lipinski definition) is 4. The Kier molecular flexibility index (Phi) is 7.39. The number of ether oxygens (including phenoxy) is 1. The molecule has 0 aliphatic rings. The van der Waals surface area contributed by atoms with Gasteiger partial charge in [-0.15, -0.1) is 0 Å². The molecule has 0 unspecified atom stereocenters. The SMILES string of the molecule is CCCCc1nc2cccc(C)c2c(=O)n1Cc1ccc(-c2ccccc2C(=O)OC(C)(C)C)cc1. The summed E-state index contributed by atoms with van der Waals surface area (Å²) < 4.78 is 7.42. The van der Waals surface area contributed by atoms with Crippen LogP contribution in [-0.2, 0) is 17.7 Å². The van der Waals surface area contributed by atoms with Crippen LogP contribution >= 0.6 is 0 Å². The fourth-order valence-corrected chi connectivity index (χ4v) is 4.38. The summed E-state index contributed by atoms with van der Waals surface area (Å²) in [5.41, 5.74) is 4.42. The molecule has 0 bridgehead atoms. The molecule has 0 saturated heterocycles. The lowest BCUT2D eigenvalue weighted by molar-refractivity contribution is 0.00704. The lowest BCUT2D eigenvalue weighted by Gasteiger charge is -2.20. The Morgan fingerprint density at radius 3 is 2.39 bits per heavy atom. The second-order valence-corrected chi connectivity index (χ2v) is 10.2. The number of rotatable bonds is 7. The Morgan fingerprint density at radius 2 is 1.69 bits per heavy atom. The van der Waals surface area contributed by atoms with Crippen LogP contribution < -0.4 is 5.56 Å². The van der Waals surface area contributed by atoms with Gasteiger partial charge in [0, 0.05) is 6.42 Å². The topological polar surface area (TPSA) is 61.2 Å². The van der Waals surface area contributed by atoms with E-state index in [-0.39, 0.29) is 11.5 Å². The summed E-state index contributed by atoms with van der Waals surface area (Å²) in [7, 11) is 0. The van der Waals surface area contributed by atoms with Gasteiger partial charge in [-0.2, -0.15) is 0 Å². The van der Waals surface area contributed by atoms with Crippen molar-refractivity contribution in [3.63, 3.8) is 0 Å². The van der Waals surface area contributed by atoms with Crippen LogP contribution in [0, 0.1) is 6.92 Å². The zero-order chi connectivity index (χ0) is 25.9. The lowest BCUT2D eigenvalue weighted by atomic mass is 9.98. The minimum absolute atomic E-state index is 0.00329. The summed E-state index contributed by atoms with van der Waals surface area (Å²) >= 11 is 0. The predicted octanol–water partition coefficient (Wildman–Crippen LogP) is 6.72. The first kappa shape index (κ1) is 25.4. The van der Waals surface area contributed by atoms with E-state index >= 15 is 0 Å². The van der Waals surface area contributed by atoms with Crippen molar-refractivity contribution in [3.05, 3.63) is 99.6 Å². The van der Waals surface area contributed by atoms with E-state index in [1.54, 1.807) is 6.07 Å². The van der Waals surface area contributed by atoms with E-state index in [4.69, 9.17) is 9.72 Å². The zero-order valence-electron chi connectivity index (χ0n) is 21.8. The van der Waals surface area contributed by atoms with Crippen LogP contribution in [0.2, 0.25) is 0 Å². The van der Waals surface area contributed by atoms with Crippen molar-refractivity contribution in [2.45, 2.75) is 66.0 Å². The molecule has 4 aromatic rings. The summed E-state index contributed by atoms with van der Waals surface area (Å²) in [5.74, 6) is 0.478. The highest BCUT2D eigenvalue weighted by atomic mass is 16.6. The minimum atomic E-state index is -0.566. The van der Waals surface area contributed by atoms with Gasteiger partial charge in [-0.1, -0.05) is 67.9 Å². The quantitative estimate of drug-likeness (QED) is 0.274. The number of fused-ring (bicyclic) bond motifs is 1. The van der Waals surface area contributed by atoms with Gasteiger partial charge in [0.15, 0.2) is 0 Å². The van der Waals surface area contributed by atoms with Crippen LogP contribution in [0.5, 0.6) is 0 Å². The van der Waals surface area contributed by atoms with Crippen LogP contribution in [0.1, 0.15) is 67.8 Å². The molecule has 5 nitrogen and oxygen atoms in total. The maximum Gasteiger partial charge on any atom is 0.339 e. The van der Waals surface area contributed by atoms with Crippen LogP contribution in [-0.4, -0.2) is 21.1 Å². The number of benzene rings is 3. The van der Waals surface area contributed by atoms with E-state index < -0.39 is 5.60 Å². The number of carbonyl (C=O) groups excluding carboxylic acids is 1. The molecule has 0 atom stereocenters. The number of carbonyl (C=O) groups is 1. The van der Waals surface area contributed by atoms with Gasteiger partial charge in [0.25, 0.3) is 5.56 Å². The van der Waals surface area contributed by atoms with Crippen LogP contribution in [0.25, 0.3) is 22.0 Å². The van der Waals surface area contributed by atoms with Crippen molar-refractivity contribution in [2.75, 3.05) is 0 Å². The second-order valence-electron chi connectivity index (χ2n) is 10.2. The first-order valence-electron chi connectivity index (χ1n) is 12.6. The highest BCUT2D eigenvalue weighted by Crippen LogP contribution is 2.26. The first-order valence-corrected chi connectivity index (χ1v) is 12.6. The van der Waals surface area contributed by atoms with Crippen LogP contribution in [0.15, 0.2) is 71.5 Å². The summed E-state index contributed by atoms with van der Waals surface area (Å²) in [4.78, 5) is 31.2. The van der Waals surface area contributed by atoms with Gasteiger partial charge >= 0.3 is 5.97 Å². The van der Waals surface area contributed by atoms with Crippen molar-refractivity contribution in [1.82, 2.24) is 9.55 Å². The maximum atomic E-state index is 13.5. The molecule has 0 saturated carbocycles. The van der Waals surface area contributed by atoms with E-state index in [0.717, 1.165) is 52.9 Å². The smallest absolute Gasteiger partial charge is 0.339 e. The van der Waals surface area contributed by atoms with Gasteiger partial charge in [-0.3, -0.25) is 9.36 Å². The number of unbranched alkanes of at least 4 members (excludes halogenated alkanes) is 1. The fraction of sp³-hybridized carbons (Fsp3) is 0.323. The molecule has 0 amide bonds. The van der Waals surface area contributed by atoms with Crippen LogP contribution in [0.3, 0.4) is 0 Å². The molecule has 0 radical (unpaired) electrons. The summed E-state index contributed by atoms with van der Waals surface area (Å²) in [6.45, 7) is 10.1. The monoisotopic (exact) mass is 482 g/mol. The standard InChI is InChI=1S/C31H34N2O3/c1-6-7-15-27-32-26-14-10-11-21(2)28(26)29(34)33(27)20-22-16-18-23(19-17-22)24-12-8-9-13-25(24)30(35)36-31(3,4)5/h8-14,16-19H,6-7,15,20H2,1-5H3. The molecule has 0 spiro atoms. The Morgan fingerprint density at radius 1 is 0.972 bits per heavy atom.